The molecule has 2 heterocycles. The molecule has 21 heavy (non-hydrogen) atoms. The highest BCUT2D eigenvalue weighted by Gasteiger charge is 2.23. The number of nitrogens with zero attached hydrogens (tertiary/aromatic N) is 3. The Morgan fingerprint density at radius 2 is 2.14 bits per heavy atom. The van der Waals surface area contributed by atoms with Crippen molar-refractivity contribution >= 4 is 5.82 Å². The molecule has 1 aromatic heterocycles. The Morgan fingerprint density at radius 3 is 2.76 bits per heavy atom. The summed E-state index contributed by atoms with van der Waals surface area (Å²) in [6.07, 6.45) is 5.31. The van der Waals surface area contributed by atoms with E-state index >= 15 is 0 Å². The van der Waals surface area contributed by atoms with Crippen molar-refractivity contribution in [2.24, 2.45) is 0 Å². The van der Waals surface area contributed by atoms with Crippen LogP contribution in [0.3, 0.4) is 0 Å². The number of likely N-dealkylation sites (N-methyl/N-ethyl adjacent to an activating group) is 2. The van der Waals surface area contributed by atoms with E-state index in [4.69, 9.17) is 4.98 Å². The molecule has 4 nitrogen and oxygen atoms in total. The van der Waals surface area contributed by atoms with E-state index in [1.165, 1.54) is 37.8 Å². The molecule has 2 fully saturated rings. The second-order valence-corrected chi connectivity index (χ2v) is 6.73. The molecule has 3 rings (SSSR count). The van der Waals surface area contributed by atoms with E-state index < -0.39 is 0 Å². The van der Waals surface area contributed by atoms with Crippen LogP contribution in [-0.2, 0) is 6.54 Å². The molecule has 0 amide bonds. The second-order valence-electron chi connectivity index (χ2n) is 6.73. The van der Waals surface area contributed by atoms with Crippen LogP contribution < -0.4 is 10.2 Å². The smallest absolute Gasteiger partial charge is 0.128 e. The minimum atomic E-state index is 0.674. The van der Waals surface area contributed by atoms with Crippen LogP contribution >= 0.6 is 0 Å². The summed E-state index contributed by atoms with van der Waals surface area (Å²) in [5.74, 6) is 1.10. The molecule has 1 atom stereocenters. The lowest BCUT2D eigenvalue weighted by Crippen LogP contribution is -2.37. The van der Waals surface area contributed by atoms with Gasteiger partial charge in [-0.3, -0.25) is 0 Å². The molecule has 2 aliphatic rings. The molecule has 1 aliphatic carbocycles. The van der Waals surface area contributed by atoms with Gasteiger partial charge in [-0.05, 0) is 57.8 Å². The van der Waals surface area contributed by atoms with Crippen molar-refractivity contribution in [1.82, 2.24) is 15.2 Å². The molecule has 0 bridgehead atoms. The van der Waals surface area contributed by atoms with Gasteiger partial charge in [0.2, 0.25) is 0 Å². The van der Waals surface area contributed by atoms with Gasteiger partial charge in [-0.2, -0.15) is 0 Å². The minimum absolute atomic E-state index is 0.674. The van der Waals surface area contributed by atoms with Crippen molar-refractivity contribution in [3.05, 3.63) is 23.4 Å². The molecule has 0 spiro atoms. The number of aryl methyl sites for hydroxylation is 1. The third-order valence-corrected chi connectivity index (χ3v) is 4.89. The van der Waals surface area contributed by atoms with Crippen LogP contribution in [0.4, 0.5) is 5.82 Å². The third-order valence-electron chi connectivity index (χ3n) is 4.89. The highest BCUT2D eigenvalue weighted by molar-refractivity contribution is 5.41. The predicted octanol–water partition coefficient (Wildman–Crippen LogP) is 2.17. The second kappa shape index (κ2) is 6.32. The molecule has 0 aromatic carbocycles. The number of anilines is 1. The Kier molecular flexibility index (Phi) is 4.45. The lowest BCUT2D eigenvalue weighted by molar-refractivity contribution is 0.314. The highest BCUT2D eigenvalue weighted by Crippen LogP contribution is 2.21. The first-order valence-electron chi connectivity index (χ1n) is 8.25. The number of hydrogen-bond acceptors (Lipinski definition) is 4. The van der Waals surface area contributed by atoms with E-state index in [9.17, 15) is 0 Å². The highest BCUT2D eigenvalue weighted by atomic mass is 15.2. The van der Waals surface area contributed by atoms with Gasteiger partial charge in [0.15, 0.2) is 0 Å². The van der Waals surface area contributed by atoms with Crippen molar-refractivity contribution in [3.63, 3.8) is 0 Å². The predicted molar refractivity (Wildman–Crippen MR) is 87.8 cm³/mol. The molecule has 4 heteroatoms. The fourth-order valence-corrected chi connectivity index (χ4v) is 3.14. The van der Waals surface area contributed by atoms with E-state index in [0.29, 0.717) is 6.04 Å². The zero-order chi connectivity index (χ0) is 14.8. The molecule has 1 saturated carbocycles. The van der Waals surface area contributed by atoms with Crippen LogP contribution in [-0.4, -0.2) is 49.2 Å². The topological polar surface area (TPSA) is 31.4 Å². The number of likely N-dealkylation sites (tertiary alicyclic amines) is 1. The molecule has 1 saturated heterocycles. The van der Waals surface area contributed by atoms with Crippen LogP contribution in [0, 0.1) is 6.92 Å². The largest absolute Gasteiger partial charge is 0.358 e. The molecule has 116 valence electrons. The third kappa shape index (κ3) is 3.74. The average Bonchev–Trinajstić information content (AvgIpc) is 3.21. The summed E-state index contributed by atoms with van der Waals surface area (Å²) in [7, 11) is 4.40. The van der Waals surface area contributed by atoms with Crippen molar-refractivity contribution in [2.75, 3.05) is 32.1 Å². The molecule has 1 unspecified atom stereocenters. The standard InChI is InChI=1S/C17H28N4/c1-13-14(11-18-15-7-8-15)6-9-17(19-13)21(3)12-16-5-4-10-20(16)2/h6,9,15-16,18H,4-5,7-8,10-12H2,1-3H3. The van der Waals surface area contributed by atoms with Crippen LogP contribution in [0.1, 0.15) is 36.9 Å². The van der Waals surface area contributed by atoms with Gasteiger partial charge in [-0.1, -0.05) is 6.07 Å². The van der Waals surface area contributed by atoms with E-state index in [1.807, 2.05) is 0 Å². The van der Waals surface area contributed by atoms with E-state index in [0.717, 1.165) is 30.6 Å². The van der Waals surface area contributed by atoms with Crippen molar-refractivity contribution in [1.29, 1.82) is 0 Å². The van der Waals surface area contributed by atoms with Gasteiger partial charge in [0.1, 0.15) is 5.82 Å². The lowest BCUT2D eigenvalue weighted by atomic mass is 10.2. The summed E-state index contributed by atoms with van der Waals surface area (Å²) in [5.41, 5.74) is 2.49. The Hall–Kier alpha value is -1.13. The van der Waals surface area contributed by atoms with E-state index in [1.54, 1.807) is 0 Å². The Balaban J connectivity index is 1.60. The van der Waals surface area contributed by atoms with Gasteiger partial charge in [-0.15, -0.1) is 0 Å². The monoisotopic (exact) mass is 288 g/mol. The summed E-state index contributed by atoms with van der Waals surface area (Å²) < 4.78 is 0. The molecule has 0 radical (unpaired) electrons. The number of hydrogen-bond donors (Lipinski definition) is 1. The maximum atomic E-state index is 4.81. The fourth-order valence-electron chi connectivity index (χ4n) is 3.14. The van der Waals surface area contributed by atoms with Gasteiger partial charge in [-0.25, -0.2) is 4.98 Å². The normalized spacial score (nSPS) is 22.7. The van der Waals surface area contributed by atoms with Gasteiger partial charge in [0.25, 0.3) is 0 Å². The quantitative estimate of drug-likeness (QED) is 0.869. The van der Waals surface area contributed by atoms with Crippen LogP contribution in [0.2, 0.25) is 0 Å². The zero-order valence-corrected chi connectivity index (χ0v) is 13.6. The van der Waals surface area contributed by atoms with Crippen molar-refractivity contribution in [2.45, 2.75) is 51.2 Å². The number of nitrogens with one attached hydrogen (secondary N) is 1. The Bertz CT molecular complexity index is 484. The van der Waals surface area contributed by atoms with Crippen molar-refractivity contribution < 1.29 is 0 Å². The van der Waals surface area contributed by atoms with Crippen LogP contribution in [0.15, 0.2) is 12.1 Å². The number of rotatable bonds is 6. The van der Waals surface area contributed by atoms with E-state index in [2.05, 4.69) is 48.3 Å². The zero-order valence-electron chi connectivity index (χ0n) is 13.6. The summed E-state index contributed by atoms with van der Waals surface area (Å²) >= 11 is 0. The van der Waals surface area contributed by atoms with Gasteiger partial charge >= 0.3 is 0 Å². The molecule has 1 N–H and O–H groups in total. The maximum absolute atomic E-state index is 4.81. The maximum Gasteiger partial charge on any atom is 0.128 e. The minimum Gasteiger partial charge on any atom is -0.358 e. The van der Waals surface area contributed by atoms with E-state index in [-0.39, 0.29) is 0 Å². The summed E-state index contributed by atoms with van der Waals surface area (Å²) in [5, 5.41) is 3.57. The molecular weight excluding hydrogens is 260 g/mol. The summed E-state index contributed by atoms with van der Waals surface area (Å²) in [6, 6.07) is 5.84. The Labute approximate surface area is 128 Å². The van der Waals surface area contributed by atoms with Gasteiger partial charge < -0.3 is 15.1 Å². The molecule has 1 aromatic rings. The summed E-state index contributed by atoms with van der Waals surface area (Å²) in [6.45, 7) is 5.39. The van der Waals surface area contributed by atoms with Crippen molar-refractivity contribution in [3.8, 4) is 0 Å². The fraction of sp³-hybridized carbons (Fsp3) is 0.706. The number of aromatic nitrogens is 1. The molecular formula is C17H28N4. The average molecular weight is 288 g/mol. The van der Waals surface area contributed by atoms with Gasteiger partial charge in [0.05, 0.1) is 0 Å². The first-order chi connectivity index (χ1) is 10.1. The molecule has 1 aliphatic heterocycles. The first kappa shape index (κ1) is 14.8. The number of pyridine rings is 1. The lowest BCUT2D eigenvalue weighted by Gasteiger charge is -2.27. The van der Waals surface area contributed by atoms with Crippen LogP contribution in [0.25, 0.3) is 0 Å². The summed E-state index contributed by atoms with van der Waals surface area (Å²) in [4.78, 5) is 9.58. The first-order valence-corrected chi connectivity index (χ1v) is 8.25. The Morgan fingerprint density at radius 1 is 1.33 bits per heavy atom. The van der Waals surface area contributed by atoms with Crippen LogP contribution in [0.5, 0.6) is 0 Å². The van der Waals surface area contributed by atoms with Gasteiger partial charge in [0, 0.05) is 37.9 Å². The SMILES string of the molecule is Cc1nc(N(C)CC2CCCN2C)ccc1CNC1CC1.